The van der Waals surface area contributed by atoms with Crippen molar-refractivity contribution in [2.45, 2.75) is 19.5 Å². The van der Waals surface area contributed by atoms with Crippen LogP contribution in [0.5, 0.6) is 5.88 Å². The number of fused-ring (bicyclic) bond motifs is 1. The molecule has 1 saturated heterocycles. The van der Waals surface area contributed by atoms with E-state index in [0.717, 1.165) is 41.3 Å². The van der Waals surface area contributed by atoms with Crippen LogP contribution in [0.25, 0.3) is 21.3 Å². The summed E-state index contributed by atoms with van der Waals surface area (Å²) in [5.41, 5.74) is 1.33. The number of aromatic hydroxyl groups is 1. The first-order valence-corrected chi connectivity index (χ1v) is 11.6. The van der Waals surface area contributed by atoms with E-state index in [1.54, 1.807) is 35.4 Å². The van der Waals surface area contributed by atoms with E-state index < -0.39 is 11.4 Å². The van der Waals surface area contributed by atoms with Crippen molar-refractivity contribution < 1.29 is 9.66 Å². The van der Waals surface area contributed by atoms with Crippen LogP contribution in [-0.4, -0.2) is 65.3 Å². The van der Waals surface area contributed by atoms with Crippen LogP contribution >= 0.6 is 11.3 Å². The first-order chi connectivity index (χ1) is 13.8. The number of nitrogens with zero attached hydrogens (tertiary/aromatic N) is 5. The Bertz CT molecular complexity index is 1100. The van der Waals surface area contributed by atoms with E-state index in [9.17, 15) is 14.5 Å². The van der Waals surface area contributed by atoms with E-state index in [1.165, 1.54) is 12.4 Å². The number of thiophene rings is 1. The van der Waals surface area contributed by atoms with Crippen LogP contribution in [0.3, 0.4) is 0 Å². The van der Waals surface area contributed by atoms with Crippen molar-refractivity contribution in [2.75, 3.05) is 25.9 Å². The van der Waals surface area contributed by atoms with E-state index >= 15 is 0 Å². The van der Waals surface area contributed by atoms with Gasteiger partial charge in [0, 0.05) is 60.2 Å². The highest BCUT2D eigenvalue weighted by molar-refractivity contribution is 7.88. The largest absolute Gasteiger partial charge is 0.598 e. The van der Waals surface area contributed by atoms with Gasteiger partial charge in [-0.2, -0.15) is 0 Å². The van der Waals surface area contributed by atoms with Gasteiger partial charge < -0.3 is 14.2 Å². The molecule has 0 radical (unpaired) electrons. The zero-order chi connectivity index (χ0) is 20.7. The molecule has 0 saturated carbocycles. The molecular formula is C19H23N5O3S2. The summed E-state index contributed by atoms with van der Waals surface area (Å²) in [6, 6.07) is 3.74. The summed E-state index contributed by atoms with van der Waals surface area (Å²) in [6.45, 7) is 5.25. The molecule has 0 bridgehead atoms. The topological polar surface area (TPSA) is 97.5 Å². The molecule has 8 nitrogen and oxygen atoms in total. The van der Waals surface area contributed by atoms with Gasteiger partial charge in [-0.05, 0) is 13.0 Å². The molecule has 1 N–H and O–H groups in total. The van der Waals surface area contributed by atoms with E-state index in [0.29, 0.717) is 11.1 Å². The van der Waals surface area contributed by atoms with Gasteiger partial charge in [0.2, 0.25) is 5.88 Å². The van der Waals surface area contributed by atoms with Crippen molar-refractivity contribution >= 4 is 32.8 Å². The van der Waals surface area contributed by atoms with E-state index in [4.69, 9.17) is 0 Å². The summed E-state index contributed by atoms with van der Waals surface area (Å²) in [7, 11) is 1.72. The Morgan fingerprint density at radius 3 is 2.83 bits per heavy atom. The Morgan fingerprint density at radius 2 is 2.14 bits per heavy atom. The predicted octanol–water partition coefficient (Wildman–Crippen LogP) is 1.56. The van der Waals surface area contributed by atoms with Crippen LogP contribution in [0.2, 0.25) is 0 Å². The molecule has 0 aliphatic carbocycles. The highest BCUT2D eigenvalue weighted by atomic mass is 32.2. The fraction of sp³-hybridized carbons (Fsp3) is 0.421. The summed E-state index contributed by atoms with van der Waals surface area (Å²) < 4.78 is 16.1. The van der Waals surface area contributed by atoms with E-state index in [2.05, 4.69) is 21.8 Å². The second-order valence-electron chi connectivity index (χ2n) is 7.31. The second-order valence-corrected chi connectivity index (χ2v) is 9.81. The average Bonchev–Trinajstić information content (AvgIpc) is 3.10. The fourth-order valence-corrected chi connectivity index (χ4v) is 5.64. The quantitative estimate of drug-likeness (QED) is 0.624. The summed E-state index contributed by atoms with van der Waals surface area (Å²) >= 11 is 0.634. The fourth-order valence-electron chi connectivity index (χ4n) is 3.69. The highest BCUT2D eigenvalue weighted by Crippen LogP contribution is 2.33. The van der Waals surface area contributed by atoms with Crippen LogP contribution in [0.4, 0.5) is 0 Å². The molecule has 10 heteroatoms. The lowest BCUT2D eigenvalue weighted by Gasteiger charge is -2.38. The first-order valence-electron chi connectivity index (χ1n) is 9.29. The number of piperazine rings is 1. The minimum absolute atomic E-state index is 0.0521. The maximum absolute atomic E-state index is 12.7. The van der Waals surface area contributed by atoms with E-state index in [1.807, 2.05) is 10.4 Å². The van der Waals surface area contributed by atoms with Gasteiger partial charge in [-0.25, -0.2) is 9.97 Å². The Balaban J connectivity index is 1.68. The molecule has 4 heterocycles. The standard InChI is InChI=1S/C19H23N5O3S2/c1-12-8-24(29(3)27)5-4-23(12)9-13-6-14-18(28-13)15(10-22(2)19(14)26)16-7-17(25)21-11-20-16/h6-7,10-12H,4-5,8-9H2,1-3H3,(H,20,21,25)/t12-,29?/m1/s1. The SMILES string of the molecule is C[C@@H]1CN([S+](C)[O-])CCN1Cc1cc2c(=O)n(C)cc(-c3cc(O)ncn3)c2s1. The normalized spacial score (nSPS) is 19.7. The molecule has 1 aliphatic heterocycles. The van der Waals surface area contributed by atoms with Crippen LogP contribution in [-0.2, 0) is 25.0 Å². The molecule has 1 aliphatic rings. The molecule has 29 heavy (non-hydrogen) atoms. The van der Waals surface area contributed by atoms with Gasteiger partial charge in [0.25, 0.3) is 5.56 Å². The van der Waals surface area contributed by atoms with Crippen molar-refractivity contribution in [1.29, 1.82) is 0 Å². The van der Waals surface area contributed by atoms with Gasteiger partial charge in [0.15, 0.2) is 0 Å². The average molecular weight is 434 g/mol. The van der Waals surface area contributed by atoms with Gasteiger partial charge >= 0.3 is 0 Å². The van der Waals surface area contributed by atoms with Gasteiger partial charge in [-0.15, -0.1) is 15.6 Å². The lowest BCUT2D eigenvalue weighted by molar-refractivity contribution is 0.123. The first kappa shape index (κ1) is 20.3. The van der Waals surface area contributed by atoms with Gasteiger partial charge in [-0.1, -0.05) is 0 Å². The molecule has 3 aromatic rings. The second kappa shape index (κ2) is 8.04. The van der Waals surface area contributed by atoms with Crippen molar-refractivity contribution in [3.8, 4) is 17.1 Å². The molecule has 154 valence electrons. The molecule has 0 spiro atoms. The van der Waals surface area contributed by atoms with Gasteiger partial charge in [0.1, 0.15) is 12.6 Å². The van der Waals surface area contributed by atoms with Crippen LogP contribution in [0.1, 0.15) is 11.8 Å². The smallest absolute Gasteiger partial charge is 0.259 e. The number of aryl methyl sites for hydroxylation is 1. The van der Waals surface area contributed by atoms with Crippen molar-refractivity contribution in [2.24, 2.45) is 7.05 Å². The Kier molecular flexibility index (Phi) is 5.63. The number of pyridine rings is 1. The Hall–Kier alpha value is -1.98. The monoisotopic (exact) mass is 433 g/mol. The molecule has 2 atom stereocenters. The predicted molar refractivity (Wildman–Crippen MR) is 115 cm³/mol. The summed E-state index contributed by atoms with van der Waals surface area (Å²) in [5, 5.41) is 10.4. The zero-order valence-electron chi connectivity index (χ0n) is 16.5. The van der Waals surface area contributed by atoms with Crippen molar-refractivity contribution in [3.63, 3.8) is 0 Å². The maximum Gasteiger partial charge on any atom is 0.259 e. The summed E-state index contributed by atoms with van der Waals surface area (Å²) in [5.74, 6) is -0.103. The van der Waals surface area contributed by atoms with Crippen molar-refractivity contribution in [3.05, 3.63) is 39.9 Å². The summed E-state index contributed by atoms with van der Waals surface area (Å²) in [6.07, 6.45) is 4.79. The minimum atomic E-state index is -0.946. The molecule has 1 unspecified atom stereocenters. The number of aromatic nitrogens is 3. The molecule has 1 fully saturated rings. The lowest BCUT2D eigenvalue weighted by Crippen LogP contribution is -2.52. The van der Waals surface area contributed by atoms with E-state index in [-0.39, 0.29) is 17.5 Å². The van der Waals surface area contributed by atoms with Gasteiger partial charge in [-0.3, -0.25) is 9.69 Å². The van der Waals surface area contributed by atoms with Crippen molar-refractivity contribution in [1.82, 2.24) is 23.7 Å². The molecular weight excluding hydrogens is 410 g/mol. The third kappa shape index (κ3) is 4.03. The number of rotatable bonds is 4. The zero-order valence-corrected chi connectivity index (χ0v) is 18.2. The minimum Gasteiger partial charge on any atom is -0.598 e. The highest BCUT2D eigenvalue weighted by Gasteiger charge is 2.29. The van der Waals surface area contributed by atoms with Crippen LogP contribution in [0.15, 0.2) is 29.5 Å². The van der Waals surface area contributed by atoms with Crippen LogP contribution < -0.4 is 5.56 Å². The molecule has 4 rings (SSSR count). The maximum atomic E-state index is 12.7. The molecule has 0 aromatic carbocycles. The molecule has 0 amide bonds. The third-order valence-electron chi connectivity index (χ3n) is 5.28. The Morgan fingerprint density at radius 1 is 1.34 bits per heavy atom. The summed E-state index contributed by atoms with van der Waals surface area (Å²) in [4.78, 5) is 24.2. The Labute approximate surface area is 175 Å². The van der Waals surface area contributed by atoms with Gasteiger partial charge in [0.05, 0.1) is 28.9 Å². The number of hydrogen-bond acceptors (Lipinski definition) is 8. The number of hydrogen-bond donors (Lipinski definition) is 1. The van der Waals surface area contributed by atoms with Crippen LogP contribution in [0, 0.1) is 0 Å². The molecule has 3 aromatic heterocycles. The lowest BCUT2D eigenvalue weighted by atomic mass is 10.1. The third-order valence-corrected chi connectivity index (χ3v) is 7.49.